The number of benzene rings is 2. The largest absolute Gasteiger partial charge is 0.486 e. The van der Waals surface area contributed by atoms with Crippen molar-refractivity contribution in [2.75, 3.05) is 18.5 Å². The van der Waals surface area contributed by atoms with Gasteiger partial charge in [0.05, 0.1) is 0 Å². The summed E-state index contributed by atoms with van der Waals surface area (Å²) in [4.78, 5) is 25.6. The Morgan fingerprint density at radius 2 is 1.79 bits per heavy atom. The number of hydrogen-bond acceptors (Lipinski definition) is 4. The highest BCUT2D eigenvalue weighted by atomic mass is 16.6. The molecule has 38 heavy (non-hydrogen) atoms. The van der Waals surface area contributed by atoms with Gasteiger partial charge in [0.1, 0.15) is 13.2 Å². The van der Waals surface area contributed by atoms with E-state index in [9.17, 15) is 9.59 Å². The summed E-state index contributed by atoms with van der Waals surface area (Å²) in [6.45, 7) is 13.9. The predicted octanol–water partition coefficient (Wildman–Crippen LogP) is 6.66. The molecule has 1 atom stereocenters. The molecule has 0 saturated heterocycles. The van der Waals surface area contributed by atoms with Gasteiger partial charge in [-0.1, -0.05) is 71.2 Å². The van der Waals surface area contributed by atoms with Crippen LogP contribution in [0.15, 0.2) is 36.4 Å². The van der Waals surface area contributed by atoms with Gasteiger partial charge in [-0.2, -0.15) is 0 Å². The minimum atomic E-state index is -0.210. The second-order valence-electron chi connectivity index (χ2n) is 11.4. The summed E-state index contributed by atoms with van der Waals surface area (Å²) < 4.78 is 11.8. The summed E-state index contributed by atoms with van der Waals surface area (Å²) in [6, 6.07) is 11.9. The van der Waals surface area contributed by atoms with E-state index in [1.54, 1.807) is 0 Å². The molecule has 7 nitrogen and oxygen atoms in total. The first-order chi connectivity index (χ1) is 18.1. The number of hydrogen-bond donors (Lipinski definition) is 3. The van der Waals surface area contributed by atoms with Gasteiger partial charge in [0.15, 0.2) is 11.5 Å². The number of rotatable bonds is 11. The van der Waals surface area contributed by atoms with Crippen LogP contribution in [-0.2, 0) is 16.8 Å². The second-order valence-corrected chi connectivity index (χ2v) is 11.4. The third-order valence-electron chi connectivity index (χ3n) is 6.66. The van der Waals surface area contributed by atoms with Crippen LogP contribution in [0.3, 0.4) is 0 Å². The van der Waals surface area contributed by atoms with Gasteiger partial charge >= 0.3 is 6.03 Å². The summed E-state index contributed by atoms with van der Waals surface area (Å²) in [6.07, 6.45) is 4.55. The van der Waals surface area contributed by atoms with Crippen LogP contribution in [0.2, 0.25) is 0 Å². The molecule has 2 aromatic carbocycles. The molecule has 3 rings (SSSR count). The Bertz CT molecular complexity index is 1090. The lowest BCUT2D eigenvalue weighted by Gasteiger charge is -2.26. The molecule has 0 bridgehead atoms. The summed E-state index contributed by atoms with van der Waals surface area (Å²) in [5.74, 6) is 1.53. The average molecular weight is 524 g/mol. The summed E-state index contributed by atoms with van der Waals surface area (Å²) in [5, 5.41) is 8.94. The van der Waals surface area contributed by atoms with Gasteiger partial charge < -0.3 is 25.4 Å². The lowest BCUT2D eigenvalue weighted by atomic mass is 9.85. The van der Waals surface area contributed by atoms with Crippen molar-refractivity contribution in [2.24, 2.45) is 0 Å². The van der Waals surface area contributed by atoms with Gasteiger partial charge in [0.25, 0.3) is 0 Å². The van der Waals surface area contributed by atoms with Crippen molar-refractivity contribution < 1.29 is 19.1 Å². The van der Waals surface area contributed by atoms with Crippen molar-refractivity contribution in [3.8, 4) is 11.5 Å². The minimum absolute atomic E-state index is 0.0286. The highest BCUT2D eigenvalue weighted by Crippen LogP contribution is 2.41. The first kappa shape index (κ1) is 29.3. The molecule has 0 saturated carbocycles. The van der Waals surface area contributed by atoms with Crippen LogP contribution in [0.4, 0.5) is 10.5 Å². The van der Waals surface area contributed by atoms with Crippen molar-refractivity contribution in [1.29, 1.82) is 0 Å². The molecule has 0 aliphatic carbocycles. The Morgan fingerprint density at radius 1 is 1.03 bits per heavy atom. The lowest BCUT2D eigenvalue weighted by Crippen LogP contribution is -2.39. The van der Waals surface area contributed by atoms with Crippen LogP contribution in [0.1, 0.15) is 96.3 Å². The van der Waals surface area contributed by atoms with Crippen molar-refractivity contribution >= 4 is 17.6 Å². The van der Waals surface area contributed by atoms with E-state index < -0.39 is 0 Å². The standard InChI is InChI=1S/C31H45N3O4/c1-7-8-9-11-23(24-12-10-13-27-29(24)38-17-16-37-27)19-28(35)34-26-18-22(14-15-25(26)31(4,5)6)20-32-30(36)33-21(2)3/h10,12-15,18,21,23H,7-9,11,16-17,19-20H2,1-6H3,(H,34,35)(H2,32,33,36). The molecule has 3 amide bonds. The first-order valence-electron chi connectivity index (χ1n) is 13.9. The Kier molecular flexibility index (Phi) is 10.5. The van der Waals surface area contributed by atoms with Gasteiger partial charge in [-0.15, -0.1) is 0 Å². The number of unbranched alkanes of at least 4 members (excludes halogenated alkanes) is 2. The zero-order chi connectivity index (χ0) is 27.7. The quantitative estimate of drug-likeness (QED) is 0.288. The third kappa shape index (κ3) is 8.40. The van der Waals surface area contributed by atoms with Gasteiger partial charge in [0.2, 0.25) is 5.91 Å². The Morgan fingerprint density at radius 3 is 2.50 bits per heavy atom. The van der Waals surface area contributed by atoms with Crippen molar-refractivity contribution in [1.82, 2.24) is 10.6 Å². The maximum atomic E-state index is 13.5. The molecule has 0 fully saturated rings. The summed E-state index contributed by atoms with van der Waals surface area (Å²) >= 11 is 0. The van der Waals surface area contributed by atoms with E-state index in [0.29, 0.717) is 26.2 Å². The van der Waals surface area contributed by atoms with Crippen molar-refractivity contribution in [3.63, 3.8) is 0 Å². The number of fused-ring (bicyclic) bond motifs is 1. The SMILES string of the molecule is CCCCCC(CC(=O)Nc1cc(CNC(=O)NC(C)C)ccc1C(C)(C)C)c1cccc2c1OCCO2. The minimum Gasteiger partial charge on any atom is -0.486 e. The molecular formula is C31H45N3O4. The fourth-order valence-electron chi connectivity index (χ4n) is 4.81. The van der Waals surface area contributed by atoms with Gasteiger partial charge in [0, 0.05) is 30.3 Å². The van der Waals surface area contributed by atoms with Gasteiger partial charge in [-0.3, -0.25) is 4.79 Å². The van der Waals surface area contributed by atoms with Crippen molar-refractivity contribution in [3.05, 3.63) is 53.1 Å². The zero-order valence-electron chi connectivity index (χ0n) is 23.9. The molecule has 7 heteroatoms. The monoisotopic (exact) mass is 523 g/mol. The topological polar surface area (TPSA) is 88.7 Å². The predicted molar refractivity (Wildman–Crippen MR) is 153 cm³/mol. The second kappa shape index (κ2) is 13.5. The van der Waals surface area contributed by atoms with Crippen LogP contribution in [0, 0.1) is 0 Å². The molecule has 1 unspecified atom stereocenters. The first-order valence-corrected chi connectivity index (χ1v) is 13.9. The number of ether oxygens (including phenoxy) is 2. The molecule has 0 spiro atoms. The fraction of sp³-hybridized carbons (Fsp3) is 0.548. The molecule has 3 N–H and O–H groups in total. The van der Waals surface area contributed by atoms with E-state index in [-0.39, 0.29) is 29.3 Å². The molecule has 1 aliphatic rings. The van der Waals surface area contributed by atoms with E-state index in [1.807, 2.05) is 44.2 Å². The molecule has 0 radical (unpaired) electrons. The van der Waals surface area contributed by atoms with E-state index in [2.05, 4.69) is 49.7 Å². The molecular weight excluding hydrogens is 478 g/mol. The molecule has 208 valence electrons. The van der Waals surface area contributed by atoms with Crippen LogP contribution in [0.5, 0.6) is 11.5 Å². The van der Waals surface area contributed by atoms with Gasteiger partial charge in [-0.25, -0.2) is 4.79 Å². The number of anilines is 1. The molecule has 1 heterocycles. The maximum absolute atomic E-state index is 13.5. The van der Waals surface area contributed by atoms with Crippen LogP contribution < -0.4 is 25.4 Å². The molecule has 2 aromatic rings. The van der Waals surface area contributed by atoms with E-state index in [4.69, 9.17) is 9.47 Å². The van der Waals surface area contributed by atoms with Crippen molar-refractivity contribution in [2.45, 2.75) is 97.6 Å². The number of urea groups is 1. The Labute approximate surface area is 228 Å². The zero-order valence-corrected chi connectivity index (χ0v) is 23.9. The molecule has 1 aliphatic heterocycles. The number of carbonyl (C=O) groups is 2. The summed E-state index contributed by atoms with van der Waals surface area (Å²) in [5.41, 5.74) is 3.65. The highest BCUT2D eigenvalue weighted by molar-refractivity contribution is 5.92. The van der Waals surface area contributed by atoms with E-state index in [1.165, 1.54) is 0 Å². The highest BCUT2D eigenvalue weighted by Gasteiger charge is 2.25. The van der Waals surface area contributed by atoms with Crippen LogP contribution in [0.25, 0.3) is 0 Å². The number of nitrogens with one attached hydrogen (secondary N) is 3. The lowest BCUT2D eigenvalue weighted by molar-refractivity contribution is -0.116. The normalized spacial score (nSPS) is 13.7. The van der Waals surface area contributed by atoms with Gasteiger partial charge in [-0.05, 0) is 54.9 Å². The van der Waals surface area contributed by atoms with E-state index >= 15 is 0 Å². The van der Waals surface area contributed by atoms with Crippen LogP contribution in [-0.4, -0.2) is 31.2 Å². The maximum Gasteiger partial charge on any atom is 0.315 e. The van der Waals surface area contributed by atoms with E-state index in [0.717, 1.165) is 59.6 Å². The van der Waals surface area contributed by atoms with Crippen LogP contribution >= 0.6 is 0 Å². The average Bonchev–Trinajstić information content (AvgIpc) is 2.85. The summed E-state index contributed by atoms with van der Waals surface area (Å²) in [7, 11) is 0. The number of amides is 3. The number of para-hydroxylation sites is 1. The third-order valence-corrected chi connectivity index (χ3v) is 6.66. The Balaban J connectivity index is 1.80. The smallest absolute Gasteiger partial charge is 0.315 e. The number of carbonyl (C=O) groups excluding carboxylic acids is 2. The Hall–Kier alpha value is -3.22. The fourth-order valence-corrected chi connectivity index (χ4v) is 4.81. The molecule has 0 aromatic heterocycles.